The average molecular weight is 303 g/mol. The Hall–Kier alpha value is -0.330. The van der Waals surface area contributed by atoms with Crippen LogP contribution in [0.1, 0.15) is 0 Å². The van der Waals surface area contributed by atoms with E-state index >= 15 is 0 Å². The van der Waals surface area contributed by atoms with Crippen LogP contribution in [0.3, 0.4) is 0 Å². The van der Waals surface area contributed by atoms with E-state index in [1.165, 1.54) is 12.1 Å². The van der Waals surface area contributed by atoms with Gasteiger partial charge in [0.1, 0.15) is 11.0 Å². The Bertz CT molecular complexity index is 437. The monoisotopic (exact) mass is 301 g/mol. The molecule has 1 aromatic rings. The predicted octanol–water partition coefficient (Wildman–Crippen LogP) is 2.53. The van der Waals surface area contributed by atoms with E-state index in [0.29, 0.717) is 4.47 Å². The molecule has 1 rings (SSSR count). The summed E-state index contributed by atoms with van der Waals surface area (Å²) in [4.78, 5) is 0. The van der Waals surface area contributed by atoms with Gasteiger partial charge in [0.05, 0.1) is 5.69 Å². The molecule has 0 unspecified atom stereocenters. The van der Waals surface area contributed by atoms with Crippen molar-refractivity contribution in [1.29, 1.82) is 0 Å². The van der Waals surface area contributed by atoms with Crippen LogP contribution in [-0.2, 0) is 10.0 Å². The van der Waals surface area contributed by atoms with Crippen LogP contribution in [0, 0.1) is 5.82 Å². The normalized spacial score (nSPS) is 11.4. The van der Waals surface area contributed by atoms with Gasteiger partial charge in [-0.2, -0.15) is 0 Å². The Kier molecular flexibility index (Phi) is 3.74. The fourth-order valence-electron chi connectivity index (χ4n) is 0.767. The second-order valence-corrected chi connectivity index (χ2v) is 5.67. The molecule has 0 aromatic heterocycles. The number of hydrogen-bond acceptors (Lipinski definition) is 2. The fourth-order valence-corrected chi connectivity index (χ4v) is 1.82. The molecule has 0 bridgehead atoms. The molecular weight excluding hydrogens is 297 g/mol. The average Bonchev–Trinajstić information content (AvgIpc) is 2.10. The van der Waals surface area contributed by atoms with Gasteiger partial charge >= 0.3 is 0 Å². The van der Waals surface area contributed by atoms with Gasteiger partial charge in [0, 0.05) is 4.47 Å². The highest BCUT2D eigenvalue weighted by molar-refractivity contribution is 9.10. The van der Waals surface area contributed by atoms with Crippen molar-refractivity contribution in [1.82, 2.24) is 0 Å². The maximum atomic E-state index is 13.1. The molecular formula is C7H6BrClFNO2S. The first-order valence-electron chi connectivity index (χ1n) is 3.46. The van der Waals surface area contributed by atoms with Crippen LogP contribution in [0.25, 0.3) is 0 Å². The van der Waals surface area contributed by atoms with E-state index in [4.69, 9.17) is 11.6 Å². The van der Waals surface area contributed by atoms with Crippen LogP contribution in [0.5, 0.6) is 0 Å². The Morgan fingerprint density at radius 3 is 2.64 bits per heavy atom. The van der Waals surface area contributed by atoms with Gasteiger partial charge in [-0.3, -0.25) is 4.72 Å². The summed E-state index contributed by atoms with van der Waals surface area (Å²) >= 11 is 8.19. The largest absolute Gasteiger partial charge is 0.280 e. The van der Waals surface area contributed by atoms with Crippen LogP contribution in [0.2, 0.25) is 0 Å². The fraction of sp³-hybridized carbons (Fsp3) is 0.143. The Morgan fingerprint density at radius 2 is 2.14 bits per heavy atom. The highest BCUT2D eigenvalue weighted by atomic mass is 79.9. The van der Waals surface area contributed by atoms with E-state index in [9.17, 15) is 12.8 Å². The van der Waals surface area contributed by atoms with E-state index in [1.807, 2.05) is 4.72 Å². The third-order valence-electron chi connectivity index (χ3n) is 1.34. The minimum Gasteiger partial charge on any atom is -0.280 e. The Morgan fingerprint density at radius 1 is 1.50 bits per heavy atom. The van der Waals surface area contributed by atoms with Gasteiger partial charge in [0.2, 0.25) is 10.0 Å². The summed E-state index contributed by atoms with van der Waals surface area (Å²) < 4.78 is 37.6. The molecule has 1 aromatic carbocycles. The molecule has 0 saturated carbocycles. The van der Waals surface area contributed by atoms with Crippen molar-refractivity contribution < 1.29 is 12.8 Å². The van der Waals surface area contributed by atoms with Gasteiger partial charge in [-0.15, -0.1) is 11.6 Å². The first kappa shape index (κ1) is 11.7. The maximum absolute atomic E-state index is 13.1. The van der Waals surface area contributed by atoms with Crippen LogP contribution in [0.4, 0.5) is 10.1 Å². The van der Waals surface area contributed by atoms with Gasteiger partial charge in [0.25, 0.3) is 0 Å². The Labute approximate surface area is 94.4 Å². The summed E-state index contributed by atoms with van der Waals surface area (Å²) in [5.74, 6) is -0.659. The molecule has 0 aliphatic rings. The number of sulfonamides is 1. The molecule has 3 nitrogen and oxygen atoms in total. The molecule has 0 aliphatic heterocycles. The topological polar surface area (TPSA) is 46.2 Å². The van der Waals surface area contributed by atoms with Crippen molar-refractivity contribution in [3.63, 3.8) is 0 Å². The maximum Gasteiger partial charge on any atom is 0.246 e. The van der Waals surface area contributed by atoms with Crippen molar-refractivity contribution in [2.24, 2.45) is 0 Å². The lowest BCUT2D eigenvalue weighted by Crippen LogP contribution is -2.14. The minimum atomic E-state index is -3.65. The zero-order valence-corrected chi connectivity index (χ0v) is 9.96. The molecule has 0 atom stereocenters. The molecule has 14 heavy (non-hydrogen) atoms. The quantitative estimate of drug-likeness (QED) is 0.872. The number of hydrogen-bond donors (Lipinski definition) is 1. The third-order valence-corrected chi connectivity index (χ3v) is 3.51. The van der Waals surface area contributed by atoms with Gasteiger partial charge in [0.15, 0.2) is 0 Å². The zero-order valence-electron chi connectivity index (χ0n) is 6.80. The molecule has 0 aliphatic carbocycles. The smallest absolute Gasteiger partial charge is 0.246 e. The van der Waals surface area contributed by atoms with E-state index in [-0.39, 0.29) is 5.69 Å². The van der Waals surface area contributed by atoms with Crippen LogP contribution in [0.15, 0.2) is 22.7 Å². The van der Waals surface area contributed by atoms with E-state index < -0.39 is 21.1 Å². The number of anilines is 1. The lowest BCUT2D eigenvalue weighted by atomic mass is 10.3. The van der Waals surface area contributed by atoms with Crippen molar-refractivity contribution in [2.45, 2.75) is 0 Å². The van der Waals surface area contributed by atoms with Gasteiger partial charge in [-0.1, -0.05) is 15.9 Å². The predicted molar refractivity (Wildman–Crippen MR) is 57.4 cm³/mol. The van der Waals surface area contributed by atoms with Gasteiger partial charge < -0.3 is 0 Å². The van der Waals surface area contributed by atoms with Crippen molar-refractivity contribution in [3.8, 4) is 0 Å². The van der Waals surface area contributed by atoms with E-state index in [2.05, 4.69) is 15.9 Å². The summed E-state index contributed by atoms with van der Waals surface area (Å²) in [6.45, 7) is 0. The number of rotatable bonds is 3. The second-order valence-electron chi connectivity index (χ2n) is 2.45. The SMILES string of the molecule is O=S(=O)(CCl)Nc1ccc(Br)cc1F. The first-order valence-corrected chi connectivity index (χ1v) is 6.44. The summed E-state index contributed by atoms with van der Waals surface area (Å²) in [7, 11) is -3.65. The van der Waals surface area contributed by atoms with Gasteiger partial charge in [-0.05, 0) is 18.2 Å². The molecule has 0 spiro atoms. The van der Waals surface area contributed by atoms with Gasteiger partial charge in [-0.25, -0.2) is 12.8 Å². The summed E-state index contributed by atoms with van der Waals surface area (Å²) in [5, 5.41) is -0.609. The highest BCUT2D eigenvalue weighted by Gasteiger charge is 2.11. The van der Waals surface area contributed by atoms with E-state index in [1.54, 1.807) is 0 Å². The Balaban J connectivity index is 2.99. The summed E-state index contributed by atoms with van der Waals surface area (Å²) in [6.07, 6.45) is 0. The molecule has 0 heterocycles. The van der Waals surface area contributed by atoms with Crippen molar-refractivity contribution >= 4 is 43.2 Å². The zero-order chi connectivity index (χ0) is 10.8. The van der Waals surface area contributed by atoms with Crippen LogP contribution in [-0.4, -0.2) is 13.6 Å². The number of benzene rings is 1. The molecule has 0 amide bonds. The first-order chi connectivity index (χ1) is 6.44. The molecule has 78 valence electrons. The van der Waals surface area contributed by atoms with Crippen LogP contribution >= 0.6 is 27.5 Å². The molecule has 0 radical (unpaired) electrons. The lowest BCUT2D eigenvalue weighted by molar-refractivity contribution is 0.602. The summed E-state index contributed by atoms with van der Waals surface area (Å²) in [6, 6.07) is 3.99. The minimum absolute atomic E-state index is 0.117. The highest BCUT2D eigenvalue weighted by Crippen LogP contribution is 2.20. The van der Waals surface area contributed by atoms with Crippen LogP contribution < -0.4 is 4.72 Å². The third kappa shape index (κ3) is 3.11. The number of nitrogens with one attached hydrogen (secondary N) is 1. The summed E-state index contributed by atoms with van der Waals surface area (Å²) in [5.41, 5.74) is -0.117. The molecule has 0 saturated heterocycles. The second kappa shape index (κ2) is 4.46. The van der Waals surface area contributed by atoms with Crippen molar-refractivity contribution in [2.75, 3.05) is 9.93 Å². The standard InChI is InChI=1S/C7H6BrClFNO2S/c8-5-1-2-7(6(10)3-5)11-14(12,13)4-9/h1-3,11H,4H2. The molecule has 0 fully saturated rings. The molecule has 1 N–H and O–H groups in total. The van der Waals surface area contributed by atoms with Crippen molar-refractivity contribution in [3.05, 3.63) is 28.5 Å². The number of halogens is 3. The molecule has 7 heteroatoms. The lowest BCUT2D eigenvalue weighted by Gasteiger charge is -2.06. The van der Waals surface area contributed by atoms with E-state index in [0.717, 1.165) is 6.07 Å². The number of alkyl halides is 1.